The number of amides is 2. The van der Waals surface area contributed by atoms with E-state index in [4.69, 9.17) is 10.2 Å². The predicted molar refractivity (Wildman–Crippen MR) is 94.2 cm³/mol. The summed E-state index contributed by atoms with van der Waals surface area (Å²) in [5.41, 5.74) is 6.10. The Morgan fingerprint density at radius 2 is 2.12 bits per heavy atom. The van der Waals surface area contributed by atoms with Crippen molar-refractivity contribution in [1.29, 1.82) is 0 Å². The van der Waals surface area contributed by atoms with Crippen LogP contribution in [0.4, 0.5) is 0 Å². The monoisotopic (exact) mass is 351 g/mol. The van der Waals surface area contributed by atoms with E-state index in [1.54, 1.807) is 11.0 Å². The molecule has 2 amide bonds. The summed E-state index contributed by atoms with van der Waals surface area (Å²) in [5, 5.41) is 3.70. The SMILES string of the molecule is Cl.NCCNC(=O)C1CCCN(C(=O)c2cc3ccccc3o2)C1. The Bertz CT molecular complexity index is 683. The molecule has 0 aliphatic carbocycles. The van der Waals surface area contributed by atoms with Crippen LogP contribution in [0.15, 0.2) is 34.7 Å². The molecule has 1 atom stereocenters. The van der Waals surface area contributed by atoms with Crippen LogP contribution in [0.25, 0.3) is 11.0 Å². The van der Waals surface area contributed by atoms with Crippen molar-refractivity contribution in [3.8, 4) is 0 Å². The third kappa shape index (κ3) is 3.88. The zero-order valence-electron chi connectivity index (χ0n) is 13.4. The molecule has 0 bridgehead atoms. The molecule has 1 fully saturated rings. The molecular weight excluding hydrogens is 330 g/mol. The topological polar surface area (TPSA) is 88.6 Å². The molecule has 1 aromatic carbocycles. The number of nitrogens with one attached hydrogen (secondary N) is 1. The Balaban J connectivity index is 0.00000208. The number of likely N-dealkylation sites (tertiary alicyclic amines) is 1. The maximum atomic E-state index is 12.6. The van der Waals surface area contributed by atoms with Crippen LogP contribution >= 0.6 is 12.4 Å². The van der Waals surface area contributed by atoms with Gasteiger partial charge >= 0.3 is 0 Å². The molecular formula is C17H22ClN3O3. The van der Waals surface area contributed by atoms with Gasteiger partial charge in [0, 0.05) is 31.6 Å². The van der Waals surface area contributed by atoms with E-state index in [1.807, 2.05) is 24.3 Å². The Hall–Kier alpha value is -2.05. The van der Waals surface area contributed by atoms with Crippen LogP contribution in [0.2, 0.25) is 0 Å². The fourth-order valence-electron chi connectivity index (χ4n) is 2.96. The highest BCUT2D eigenvalue weighted by molar-refractivity contribution is 5.96. The number of rotatable bonds is 4. The minimum atomic E-state index is -0.177. The zero-order valence-corrected chi connectivity index (χ0v) is 14.2. The van der Waals surface area contributed by atoms with Crippen LogP contribution in [0.1, 0.15) is 23.4 Å². The number of para-hydroxylation sites is 1. The predicted octanol–water partition coefficient (Wildman–Crippen LogP) is 1.78. The lowest BCUT2D eigenvalue weighted by molar-refractivity contribution is -0.126. The molecule has 3 rings (SSSR count). The van der Waals surface area contributed by atoms with Gasteiger partial charge in [0.1, 0.15) is 5.58 Å². The van der Waals surface area contributed by atoms with Crippen LogP contribution < -0.4 is 11.1 Å². The molecule has 7 heteroatoms. The first kappa shape index (κ1) is 18.3. The number of halogens is 1. The van der Waals surface area contributed by atoms with Gasteiger partial charge in [-0.2, -0.15) is 0 Å². The molecule has 6 nitrogen and oxygen atoms in total. The largest absolute Gasteiger partial charge is 0.451 e. The third-order valence-electron chi connectivity index (χ3n) is 4.16. The molecule has 3 N–H and O–H groups in total. The van der Waals surface area contributed by atoms with E-state index in [-0.39, 0.29) is 30.1 Å². The van der Waals surface area contributed by atoms with Crippen molar-refractivity contribution in [3.63, 3.8) is 0 Å². The van der Waals surface area contributed by atoms with Crippen molar-refractivity contribution in [2.75, 3.05) is 26.2 Å². The van der Waals surface area contributed by atoms with Gasteiger partial charge in [0.25, 0.3) is 5.91 Å². The van der Waals surface area contributed by atoms with E-state index in [9.17, 15) is 9.59 Å². The van der Waals surface area contributed by atoms with Crippen molar-refractivity contribution in [1.82, 2.24) is 10.2 Å². The van der Waals surface area contributed by atoms with Crippen molar-refractivity contribution in [2.45, 2.75) is 12.8 Å². The van der Waals surface area contributed by atoms with E-state index in [0.29, 0.717) is 37.5 Å². The van der Waals surface area contributed by atoms with Crippen LogP contribution in [0, 0.1) is 5.92 Å². The molecule has 24 heavy (non-hydrogen) atoms. The van der Waals surface area contributed by atoms with Gasteiger partial charge in [-0.15, -0.1) is 12.4 Å². The van der Waals surface area contributed by atoms with E-state index in [0.717, 1.165) is 18.2 Å². The molecule has 1 aromatic heterocycles. The zero-order chi connectivity index (χ0) is 16.2. The number of fused-ring (bicyclic) bond motifs is 1. The number of carbonyl (C=O) groups is 2. The van der Waals surface area contributed by atoms with Crippen molar-refractivity contribution in [2.24, 2.45) is 11.7 Å². The molecule has 2 aromatic rings. The second-order valence-electron chi connectivity index (χ2n) is 5.82. The molecule has 0 radical (unpaired) electrons. The lowest BCUT2D eigenvalue weighted by Gasteiger charge is -2.31. The summed E-state index contributed by atoms with van der Waals surface area (Å²) >= 11 is 0. The summed E-state index contributed by atoms with van der Waals surface area (Å²) in [6.07, 6.45) is 1.60. The normalized spacial score (nSPS) is 17.4. The average molecular weight is 352 g/mol. The minimum absolute atomic E-state index is 0. The highest BCUT2D eigenvalue weighted by Gasteiger charge is 2.30. The summed E-state index contributed by atoms with van der Waals surface area (Å²) in [4.78, 5) is 26.4. The Morgan fingerprint density at radius 1 is 1.33 bits per heavy atom. The van der Waals surface area contributed by atoms with Crippen LogP contribution in [-0.4, -0.2) is 42.9 Å². The van der Waals surface area contributed by atoms with E-state index in [1.165, 1.54) is 0 Å². The van der Waals surface area contributed by atoms with Gasteiger partial charge in [0.2, 0.25) is 5.91 Å². The van der Waals surface area contributed by atoms with Crippen molar-refractivity contribution >= 4 is 35.2 Å². The highest BCUT2D eigenvalue weighted by atomic mass is 35.5. The molecule has 0 saturated carbocycles. The second kappa shape index (κ2) is 8.17. The number of nitrogens with two attached hydrogens (primary N) is 1. The first-order valence-electron chi connectivity index (χ1n) is 7.94. The molecule has 1 aliphatic rings. The fraction of sp³-hybridized carbons (Fsp3) is 0.412. The van der Waals surface area contributed by atoms with E-state index >= 15 is 0 Å². The third-order valence-corrected chi connectivity index (χ3v) is 4.16. The van der Waals surface area contributed by atoms with E-state index in [2.05, 4.69) is 5.32 Å². The maximum Gasteiger partial charge on any atom is 0.289 e. The number of hydrogen-bond acceptors (Lipinski definition) is 4. The molecule has 1 unspecified atom stereocenters. The number of hydrogen-bond donors (Lipinski definition) is 2. The van der Waals surface area contributed by atoms with Gasteiger partial charge in [-0.3, -0.25) is 9.59 Å². The lowest BCUT2D eigenvalue weighted by atomic mass is 9.97. The van der Waals surface area contributed by atoms with Gasteiger partial charge < -0.3 is 20.4 Å². The number of benzene rings is 1. The quantitative estimate of drug-likeness (QED) is 0.878. The molecule has 130 valence electrons. The summed E-state index contributed by atoms with van der Waals surface area (Å²) < 4.78 is 5.64. The van der Waals surface area contributed by atoms with Gasteiger partial charge in [-0.25, -0.2) is 0 Å². The lowest BCUT2D eigenvalue weighted by Crippen LogP contribution is -2.46. The van der Waals surface area contributed by atoms with Gasteiger partial charge in [-0.05, 0) is 25.0 Å². The minimum Gasteiger partial charge on any atom is -0.451 e. The van der Waals surface area contributed by atoms with Crippen LogP contribution in [-0.2, 0) is 4.79 Å². The number of carbonyl (C=O) groups excluding carboxylic acids is 2. The fourth-order valence-corrected chi connectivity index (χ4v) is 2.96. The average Bonchev–Trinajstić information content (AvgIpc) is 3.03. The summed E-state index contributed by atoms with van der Waals surface area (Å²) in [6.45, 7) is 1.95. The molecule has 1 saturated heterocycles. The second-order valence-corrected chi connectivity index (χ2v) is 5.82. The molecule has 1 aliphatic heterocycles. The first-order valence-corrected chi connectivity index (χ1v) is 7.94. The smallest absolute Gasteiger partial charge is 0.289 e. The van der Waals surface area contributed by atoms with Gasteiger partial charge in [-0.1, -0.05) is 18.2 Å². The first-order chi connectivity index (χ1) is 11.2. The van der Waals surface area contributed by atoms with Crippen LogP contribution in [0.3, 0.4) is 0 Å². The Morgan fingerprint density at radius 3 is 2.88 bits per heavy atom. The van der Waals surface area contributed by atoms with Gasteiger partial charge in [0.05, 0.1) is 5.92 Å². The molecule has 0 spiro atoms. The summed E-state index contributed by atoms with van der Waals surface area (Å²) in [6, 6.07) is 9.29. The number of furan rings is 1. The Labute approximate surface area is 146 Å². The summed E-state index contributed by atoms with van der Waals surface area (Å²) in [5.74, 6) is -0.0343. The van der Waals surface area contributed by atoms with E-state index < -0.39 is 0 Å². The van der Waals surface area contributed by atoms with Gasteiger partial charge in [0.15, 0.2) is 5.76 Å². The van der Waals surface area contributed by atoms with Crippen molar-refractivity contribution < 1.29 is 14.0 Å². The standard InChI is InChI=1S/C17H21N3O3.ClH/c18-7-8-19-16(21)13-5-3-9-20(11-13)17(22)15-10-12-4-1-2-6-14(12)23-15;/h1-2,4,6,10,13H,3,5,7-9,11,18H2,(H,19,21);1H. The molecule has 2 heterocycles. The maximum absolute atomic E-state index is 12.6. The summed E-state index contributed by atoms with van der Waals surface area (Å²) in [7, 11) is 0. The number of nitrogens with zero attached hydrogens (tertiary/aromatic N) is 1. The highest BCUT2D eigenvalue weighted by Crippen LogP contribution is 2.23. The Kier molecular flexibility index (Phi) is 6.23. The van der Waals surface area contributed by atoms with Crippen LogP contribution in [0.5, 0.6) is 0 Å². The number of piperidine rings is 1. The van der Waals surface area contributed by atoms with Crippen molar-refractivity contribution in [3.05, 3.63) is 36.1 Å².